The average Bonchev–Trinajstić information content (AvgIpc) is 2.32. The first-order valence-electron chi connectivity index (χ1n) is 5.39. The molecule has 0 radical (unpaired) electrons. The summed E-state index contributed by atoms with van der Waals surface area (Å²) in [6.45, 7) is 1.66. The normalized spacial score (nSPS) is 12.1. The van der Waals surface area contributed by atoms with E-state index in [1.807, 2.05) is 6.92 Å². The van der Waals surface area contributed by atoms with Crippen molar-refractivity contribution in [2.45, 2.75) is 24.8 Å². The molecule has 1 aromatic rings. The van der Waals surface area contributed by atoms with Crippen LogP contribution in [0.2, 0.25) is 5.02 Å². The zero-order valence-corrected chi connectivity index (χ0v) is 11.7. The number of hydrogen-bond acceptors (Lipinski definition) is 3. The van der Waals surface area contributed by atoms with E-state index in [1.165, 1.54) is 13.1 Å². The summed E-state index contributed by atoms with van der Waals surface area (Å²) in [4.78, 5) is -0.204. The van der Waals surface area contributed by atoms with Gasteiger partial charge in [0.25, 0.3) is 0 Å². The smallest absolute Gasteiger partial charge is 0.242 e. The van der Waals surface area contributed by atoms with Crippen molar-refractivity contribution in [1.82, 2.24) is 4.31 Å². The Morgan fingerprint density at radius 3 is 2.56 bits per heavy atom. The first-order chi connectivity index (χ1) is 8.34. The molecule has 7 heteroatoms. The summed E-state index contributed by atoms with van der Waals surface area (Å²) in [5, 5.41) is 8.76. The molecule has 0 aliphatic rings. The lowest BCUT2D eigenvalue weighted by Crippen LogP contribution is -2.27. The molecular formula is C11H15ClFNO3S. The number of nitrogens with zero attached hydrogens (tertiary/aromatic N) is 1. The highest BCUT2D eigenvalue weighted by atomic mass is 35.5. The molecule has 0 heterocycles. The molecule has 1 aromatic carbocycles. The second kappa shape index (κ2) is 5.97. The van der Waals surface area contributed by atoms with Gasteiger partial charge >= 0.3 is 0 Å². The number of hydrogen-bond donors (Lipinski definition) is 1. The number of halogens is 2. The monoisotopic (exact) mass is 295 g/mol. The minimum Gasteiger partial charge on any atom is -0.392 e. The summed E-state index contributed by atoms with van der Waals surface area (Å²) in [5.41, 5.74) is 0.0557. The molecule has 0 aliphatic carbocycles. The van der Waals surface area contributed by atoms with E-state index in [2.05, 4.69) is 0 Å². The minimum absolute atomic E-state index is 0.0557. The van der Waals surface area contributed by atoms with Gasteiger partial charge in [0.15, 0.2) is 0 Å². The largest absolute Gasteiger partial charge is 0.392 e. The molecule has 0 unspecified atom stereocenters. The Hall–Kier alpha value is -0.690. The zero-order chi connectivity index (χ0) is 13.9. The van der Waals surface area contributed by atoms with Crippen LogP contribution in [0, 0.1) is 5.82 Å². The Labute approximate surface area is 111 Å². The van der Waals surface area contributed by atoms with Crippen molar-refractivity contribution < 1.29 is 17.9 Å². The van der Waals surface area contributed by atoms with Gasteiger partial charge in [-0.1, -0.05) is 18.5 Å². The van der Waals surface area contributed by atoms with Gasteiger partial charge in [0, 0.05) is 19.2 Å². The summed E-state index contributed by atoms with van der Waals surface area (Å²) in [6.07, 6.45) is 0.651. The van der Waals surface area contributed by atoms with E-state index in [4.69, 9.17) is 16.7 Å². The maximum absolute atomic E-state index is 13.5. The van der Waals surface area contributed by atoms with Crippen molar-refractivity contribution >= 4 is 21.6 Å². The number of aliphatic hydroxyl groups is 1. The molecular weight excluding hydrogens is 281 g/mol. The second-order valence-electron chi connectivity index (χ2n) is 3.86. The lowest BCUT2D eigenvalue weighted by Gasteiger charge is -2.17. The van der Waals surface area contributed by atoms with Crippen LogP contribution >= 0.6 is 11.6 Å². The number of sulfonamides is 1. The molecule has 1 rings (SSSR count). The van der Waals surface area contributed by atoms with Gasteiger partial charge in [-0.2, -0.15) is 0 Å². The molecule has 1 N–H and O–H groups in total. The maximum Gasteiger partial charge on any atom is 0.242 e. The van der Waals surface area contributed by atoms with Gasteiger partial charge < -0.3 is 5.11 Å². The number of benzene rings is 1. The van der Waals surface area contributed by atoms with Crippen molar-refractivity contribution in [1.29, 1.82) is 0 Å². The number of aliphatic hydroxyl groups excluding tert-OH is 1. The highest BCUT2D eigenvalue weighted by molar-refractivity contribution is 7.89. The van der Waals surface area contributed by atoms with Crippen molar-refractivity contribution in [3.8, 4) is 0 Å². The fourth-order valence-corrected chi connectivity index (χ4v) is 2.99. The molecule has 102 valence electrons. The molecule has 0 atom stereocenters. The van der Waals surface area contributed by atoms with Crippen LogP contribution in [-0.2, 0) is 16.6 Å². The van der Waals surface area contributed by atoms with E-state index in [0.717, 1.165) is 10.4 Å². The minimum atomic E-state index is -3.75. The van der Waals surface area contributed by atoms with E-state index < -0.39 is 22.4 Å². The molecule has 0 saturated heterocycles. The summed E-state index contributed by atoms with van der Waals surface area (Å²) in [5.74, 6) is -0.855. The Balaban J connectivity index is 3.29. The van der Waals surface area contributed by atoms with Gasteiger partial charge in [-0.15, -0.1) is 0 Å². The summed E-state index contributed by atoms with van der Waals surface area (Å²) < 4.78 is 38.8. The van der Waals surface area contributed by atoms with Crippen LogP contribution in [0.1, 0.15) is 18.9 Å². The number of rotatable bonds is 5. The van der Waals surface area contributed by atoms with Gasteiger partial charge in [0.2, 0.25) is 10.0 Å². The van der Waals surface area contributed by atoms with E-state index in [-0.39, 0.29) is 15.5 Å². The molecule has 0 aromatic heterocycles. The molecule has 4 nitrogen and oxygen atoms in total. The molecule has 0 saturated carbocycles. The van der Waals surface area contributed by atoms with Crippen molar-refractivity contribution in [3.63, 3.8) is 0 Å². The zero-order valence-electron chi connectivity index (χ0n) is 10.2. The quantitative estimate of drug-likeness (QED) is 0.904. The first-order valence-corrected chi connectivity index (χ1v) is 7.21. The Bertz CT molecular complexity index is 533. The molecule has 0 bridgehead atoms. The molecule has 0 amide bonds. The SMILES string of the molecule is CCCN(C)S(=O)(=O)c1cc(F)c(Cl)c(CO)c1. The third-order valence-electron chi connectivity index (χ3n) is 2.49. The van der Waals surface area contributed by atoms with Gasteiger partial charge in [0.05, 0.1) is 16.5 Å². The van der Waals surface area contributed by atoms with Gasteiger partial charge in [-0.05, 0) is 18.6 Å². The third kappa shape index (κ3) is 3.00. The fraction of sp³-hybridized carbons (Fsp3) is 0.455. The third-order valence-corrected chi connectivity index (χ3v) is 4.75. The van der Waals surface area contributed by atoms with Crippen LogP contribution in [0.5, 0.6) is 0 Å². The summed E-state index contributed by atoms with van der Waals surface area (Å²) >= 11 is 5.61. The van der Waals surface area contributed by atoms with E-state index >= 15 is 0 Å². The predicted molar refractivity (Wildman–Crippen MR) is 67.4 cm³/mol. The molecule has 0 spiro atoms. The first kappa shape index (κ1) is 15.4. The van der Waals surface area contributed by atoms with Crippen LogP contribution in [0.25, 0.3) is 0 Å². The van der Waals surface area contributed by atoms with E-state index in [0.29, 0.717) is 13.0 Å². The summed E-state index contributed by atoms with van der Waals surface area (Å²) in [6, 6.07) is 2.05. The maximum atomic E-state index is 13.5. The Morgan fingerprint density at radius 1 is 1.44 bits per heavy atom. The highest BCUT2D eigenvalue weighted by Gasteiger charge is 2.22. The van der Waals surface area contributed by atoms with E-state index in [9.17, 15) is 12.8 Å². The van der Waals surface area contributed by atoms with Crippen molar-refractivity contribution in [3.05, 3.63) is 28.5 Å². The average molecular weight is 296 g/mol. The van der Waals surface area contributed by atoms with Crippen molar-refractivity contribution in [2.75, 3.05) is 13.6 Å². The topological polar surface area (TPSA) is 57.6 Å². The molecule has 0 aliphatic heterocycles. The lowest BCUT2D eigenvalue weighted by molar-refractivity contribution is 0.281. The lowest BCUT2D eigenvalue weighted by atomic mass is 10.2. The summed E-state index contributed by atoms with van der Waals surface area (Å²) in [7, 11) is -2.33. The highest BCUT2D eigenvalue weighted by Crippen LogP contribution is 2.25. The van der Waals surface area contributed by atoms with Crippen LogP contribution in [0.4, 0.5) is 4.39 Å². The van der Waals surface area contributed by atoms with Crippen LogP contribution in [0.3, 0.4) is 0 Å². The standard InChI is InChI=1S/C11H15ClFNO3S/c1-3-4-14(2)18(16,17)9-5-8(7-15)11(12)10(13)6-9/h5-6,15H,3-4,7H2,1-2H3. The molecule has 18 heavy (non-hydrogen) atoms. The van der Waals surface area contributed by atoms with Gasteiger partial charge in [-0.3, -0.25) is 0 Å². The van der Waals surface area contributed by atoms with Crippen LogP contribution in [0.15, 0.2) is 17.0 Å². The van der Waals surface area contributed by atoms with Crippen molar-refractivity contribution in [2.24, 2.45) is 0 Å². The predicted octanol–water partition coefficient (Wildman–Crippen LogP) is 2.00. The van der Waals surface area contributed by atoms with Gasteiger partial charge in [-0.25, -0.2) is 17.1 Å². The Morgan fingerprint density at radius 2 is 2.06 bits per heavy atom. The molecule has 0 fully saturated rings. The van der Waals surface area contributed by atoms with E-state index in [1.54, 1.807) is 0 Å². The fourth-order valence-electron chi connectivity index (χ4n) is 1.50. The van der Waals surface area contributed by atoms with Gasteiger partial charge in [0.1, 0.15) is 5.82 Å². The van der Waals surface area contributed by atoms with Crippen LogP contribution < -0.4 is 0 Å². The second-order valence-corrected chi connectivity index (χ2v) is 6.29. The Kier molecular flexibility index (Phi) is 5.10. The van der Waals surface area contributed by atoms with Crippen LogP contribution in [-0.4, -0.2) is 31.4 Å².